The number of nitro benzene ring substituents is 1. The van der Waals surface area contributed by atoms with Crippen LogP contribution in [-0.2, 0) is 0 Å². The van der Waals surface area contributed by atoms with Gasteiger partial charge in [0.15, 0.2) is 0 Å². The highest BCUT2D eigenvalue weighted by molar-refractivity contribution is 5.54. The predicted molar refractivity (Wildman–Crippen MR) is 54.9 cm³/mol. The average Bonchev–Trinajstić information content (AvgIpc) is 2.81. The van der Waals surface area contributed by atoms with Gasteiger partial charge in [0.2, 0.25) is 0 Å². The lowest BCUT2D eigenvalue weighted by Gasteiger charge is -2.02. The Labute approximate surface area is 90.5 Å². The van der Waals surface area contributed by atoms with Crippen molar-refractivity contribution < 1.29 is 4.92 Å². The quantitative estimate of drug-likeness (QED) is 0.562. The molecule has 1 aromatic heterocycles. The Morgan fingerprint density at radius 2 is 2.31 bits per heavy atom. The summed E-state index contributed by atoms with van der Waals surface area (Å²) in [5.41, 5.74) is 0.516. The number of nitriles is 1. The lowest BCUT2D eigenvalue weighted by atomic mass is 10.2. The first-order chi connectivity index (χ1) is 7.72. The summed E-state index contributed by atoms with van der Waals surface area (Å²) < 4.78 is 1.67. The van der Waals surface area contributed by atoms with Crippen LogP contribution in [0.15, 0.2) is 36.9 Å². The van der Waals surface area contributed by atoms with Crippen molar-refractivity contribution in [3.05, 3.63) is 52.6 Å². The molecule has 0 spiro atoms. The highest BCUT2D eigenvalue weighted by Crippen LogP contribution is 2.20. The zero-order chi connectivity index (χ0) is 11.5. The maximum atomic E-state index is 10.6. The van der Waals surface area contributed by atoms with Crippen LogP contribution in [0.3, 0.4) is 0 Å². The summed E-state index contributed by atoms with van der Waals surface area (Å²) in [7, 11) is 0. The summed E-state index contributed by atoms with van der Waals surface area (Å²) in [5, 5.41) is 19.4. The van der Waals surface area contributed by atoms with Gasteiger partial charge in [-0.2, -0.15) is 5.26 Å². The average molecular weight is 214 g/mol. The molecule has 6 nitrogen and oxygen atoms in total. The van der Waals surface area contributed by atoms with E-state index in [-0.39, 0.29) is 11.3 Å². The van der Waals surface area contributed by atoms with Crippen LogP contribution in [0.2, 0.25) is 0 Å². The molecule has 2 rings (SSSR count). The Kier molecular flexibility index (Phi) is 2.36. The van der Waals surface area contributed by atoms with Crippen LogP contribution >= 0.6 is 0 Å². The molecule has 2 aromatic rings. The van der Waals surface area contributed by atoms with E-state index in [1.165, 1.54) is 12.1 Å². The van der Waals surface area contributed by atoms with E-state index < -0.39 is 4.92 Å². The Hall–Kier alpha value is -2.68. The van der Waals surface area contributed by atoms with Gasteiger partial charge in [0, 0.05) is 24.1 Å². The molecule has 0 N–H and O–H groups in total. The van der Waals surface area contributed by atoms with Gasteiger partial charge in [0.05, 0.1) is 11.3 Å². The first kappa shape index (κ1) is 9.86. The standard InChI is InChI=1S/C10H6N4O2/c11-6-8-5-9(13-4-3-12-7-13)1-2-10(8)14(15)16/h1-5,7H. The number of hydrogen-bond donors (Lipinski definition) is 0. The fourth-order valence-corrected chi connectivity index (χ4v) is 1.35. The second-order valence-electron chi connectivity index (χ2n) is 3.04. The molecule has 0 aliphatic rings. The lowest BCUT2D eigenvalue weighted by Crippen LogP contribution is -1.96. The first-order valence-corrected chi connectivity index (χ1v) is 4.39. The summed E-state index contributed by atoms with van der Waals surface area (Å²) in [6, 6.07) is 6.15. The van der Waals surface area contributed by atoms with E-state index in [0.717, 1.165) is 0 Å². The van der Waals surface area contributed by atoms with Gasteiger partial charge in [0.25, 0.3) is 5.69 Å². The van der Waals surface area contributed by atoms with E-state index in [1.807, 2.05) is 0 Å². The number of benzene rings is 1. The van der Waals surface area contributed by atoms with Gasteiger partial charge in [-0.3, -0.25) is 10.1 Å². The number of rotatable bonds is 2. The van der Waals surface area contributed by atoms with Crippen LogP contribution in [0.25, 0.3) is 5.69 Å². The van der Waals surface area contributed by atoms with Gasteiger partial charge in [-0.05, 0) is 12.1 Å². The highest BCUT2D eigenvalue weighted by atomic mass is 16.6. The SMILES string of the molecule is N#Cc1cc(-n2ccnc2)ccc1[N+](=O)[O-]. The monoisotopic (exact) mass is 214 g/mol. The topological polar surface area (TPSA) is 84.8 Å². The molecule has 0 amide bonds. The zero-order valence-corrected chi connectivity index (χ0v) is 8.07. The fourth-order valence-electron chi connectivity index (χ4n) is 1.35. The number of hydrogen-bond acceptors (Lipinski definition) is 4. The van der Waals surface area contributed by atoms with Crippen LogP contribution in [-0.4, -0.2) is 14.5 Å². The second kappa shape index (κ2) is 3.82. The number of aromatic nitrogens is 2. The number of nitrogens with zero attached hydrogens (tertiary/aromatic N) is 4. The van der Waals surface area contributed by atoms with E-state index in [2.05, 4.69) is 4.98 Å². The van der Waals surface area contributed by atoms with Gasteiger partial charge in [0.1, 0.15) is 11.6 Å². The lowest BCUT2D eigenvalue weighted by molar-refractivity contribution is -0.385. The normalized spacial score (nSPS) is 9.69. The molecule has 0 fully saturated rings. The van der Waals surface area contributed by atoms with E-state index in [1.54, 1.807) is 35.4 Å². The van der Waals surface area contributed by atoms with Gasteiger partial charge in [-0.1, -0.05) is 0 Å². The molecule has 0 radical (unpaired) electrons. The van der Waals surface area contributed by atoms with Gasteiger partial charge >= 0.3 is 0 Å². The summed E-state index contributed by atoms with van der Waals surface area (Å²) in [6.07, 6.45) is 4.85. The van der Waals surface area contributed by atoms with Gasteiger partial charge < -0.3 is 4.57 Å². The Morgan fingerprint density at radius 3 is 2.88 bits per heavy atom. The van der Waals surface area contributed by atoms with Crippen molar-refractivity contribution in [2.45, 2.75) is 0 Å². The largest absolute Gasteiger partial charge is 0.306 e. The van der Waals surface area contributed by atoms with Crippen molar-refractivity contribution in [3.63, 3.8) is 0 Å². The molecule has 78 valence electrons. The molecular formula is C10H6N4O2. The maximum Gasteiger partial charge on any atom is 0.287 e. The van der Waals surface area contributed by atoms with Crippen LogP contribution in [0.4, 0.5) is 5.69 Å². The summed E-state index contributed by atoms with van der Waals surface area (Å²) in [5.74, 6) is 0. The number of imidazole rings is 1. The molecule has 0 atom stereocenters. The van der Waals surface area contributed by atoms with E-state index in [0.29, 0.717) is 5.69 Å². The van der Waals surface area contributed by atoms with Crippen molar-refractivity contribution in [3.8, 4) is 11.8 Å². The van der Waals surface area contributed by atoms with Crippen LogP contribution in [0, 0.1) is 21.4 Å². The van der Waals surface area contributed by atoms with Gasteiger partial charge in [-0.25, -0.2) is 4.98 Å². The fraction of sp³-hybridized carbons (Fsp3) is 0. The third-order valence-electron chi connectivity index (χ3n) is 2.10. The molecule has 1 aromatic carbocycles. The summed E-state index contributed by atoms with van der Waals surface area (Å²) in [6.45, 7) is 0. The smallest absolute Gasteiger partial charge is 0.287 e. The van der Waals surface area contributed by atoms with Crippen molar-refractivity contribution in [2.75, 3.05) is 0 Å². The molecule has 0 saturated carbocycles. The Morgan fingerprint density at radius 1 is 1.50 bits per heavy atom. The molecule has 16 heavy (non-hydrogen) atoms. The maximum absolute atomic E-state index is 10.6. The predicted octanol–water partition coefficient (Wildman–Crippen LogP) is 1.65. The Bertz CT molecular complexity index is 569. The molecule has 6 heteroatoms. The number of nitro groups is 1. The van der Waals surface area contributed by atoms with Crippen molar-refractivity contribution in [1.29, 1.82) is 5.26 Å². The Balaban J connectivity index is 2.54. The minimum Gasteiger partial charge on any atom is -0.306 e. The minimum absolute atomic E-state index is 0.0381. The van der Waals surface area contributed by atoms with Crippen LogP contribution in [0.5, 0.6) is 0 Å². The third kappa shape index (κ3) is 1.62. The molecule has 0 aliphatic heterocycles. The van der Waals surface area contributed by atoms with E-state index in [4.69, 9.17) is 5.26 Å². The molecule has 0 unspecified atom stereocenters. The molecule has 0 saturated heterocycles. The molecular weight excluding hydrogens is 208 g/mol. The van der Waals surface area contributed by atoms with Crippen molar-refractivity contribution >= 4 is 5.69 Å². The molecule has 0 aliphatic carbocycles. The summed E-state index contributed by atoms with van der Waals surface area (Å²) in [4.78, 5) is 13.9. The van der Waals surface area contributed by atoms with Crippen molar-refractivity contribution in [2.24, 2.45) is 0 Å². The molecule has 1 heterocycles. The highest BCUT2D eigenvalue weighted by Gasteiger charge is 2.13. The van der Waals surface area contributed by atoms with Crippen LogP contribution < -0.4 is 0 Å². The van der Waals surface area contributed by atoms with E-state index >= 15 is 0 Å². The minimum atomic E-state index is -0.573. The van der Waals surface area contributed by atoms with Crippen molar-refractivity contribution in [1.82, 2.24) is 9.55 Å². The molecule has 0 bridgehead atoms. The van der Waals surface area contributed by atoms with Gasteiger partial charge in [-0.15, -0.1) is 0 Å². The second-order valence-corrected chi connectivity index (χ2v) is 3.04. The summed E-state index contributed by atoms with van der Waals surface area (Å²) >= 11 is 0. The first-order valence-electron chi connectivity index (χ1n) is 4.39. The van der Waals surface area contributed by atoms with Crippen LogP contribution in [0.1, 0.15) is 5.56 Å². The van der Waals surface area contributed by atoms with E-state index in [9.17, 15) is 10.1 Å². The zero-order valence-electron chi connectivity index (χ0n) is 8.07. The third-order valence-corrected chi connectivity index (χ3v) is 2.10.